The summed E-state index contributed by atoms with van der Waals surface area (Å²) in [6.07, 6.45) is 5.71. The Morgan fingerprint density at radius 2 is 2.25 bits per heavy atom. The summed E-state index contributed by atoms with van der Waals surface area (Å²) in [6.45, 7) is 0.932. The lowest BCUT2D eigenvalue weighted by atomic mass is 10.2. The largest absolute Gasteiger partial charge is 0.315 e. The van der Waals surface area contributed by atoms with E-state index >= 15 is 0 Å². The molecule has 0 saturated carbocycles. The van der Waals surface area contributed by atoms with Crippen LogP contribution >= 0.6 is 11.3 Å². The van der Waals surface area contributed by atoms with Crippen LogP contribution in [0.1, 0.15) is 5.56 Å². The molecule has 5 heterocycles. The van der Waals surface area contributed by atoms with Gasteiger partial charge in [-0.1, -0.05) is 0 Å². The van der Waals surface area contributed by atoms with E-state index in [-0.39, 0.29) is 0 Å². The fourth-order valence-corrected chi connectivity index (χ4v) is 4.40. The molecule has 5 heteroatoms. The molecule has 0 spiro atoms. The van der Waals surface area contributed by atoms with Gasteiger partial charge in [0.25, 0.3) is 10.5 Å². The summed E-state index contributed by atoms with van der Waals surface area (Å²) in [6, 6.07) is 6.28. The van der Waals surface area contributed by atoms with Gasteiger partial charge in [0.05, 0.1) is 10.9 Å². The molecule has 0 atom stereocenters. The second-order valence-corrected chi connectivity index (χ2v) is 6.09. The van der Waals surface area contributed by atoms with E-state index in [1.54, 1.807) is 0 Å². The SMILES string of the molecule is Cn1c2ncccc2c2c1sc1[n+]2Cc2ccncc2-1. The van der Waals surface area contributed by atoms with Crippen molar-refractivity contribution in [2.24, 2.45) is 7.05 Å². The van der Waals surface area contributed by atoms with Gasteiger partial charge in [-0.15, -0.1) is 0 Å². The van der Waals surface area contributed by atoms with Gasteiger partial charge >= 0.3 is 0 Å². The van der Waals surface area contributed by atoms with Gasteiger partial charge in [-0.25, -0.2) is 4.98 Å². The van der Waals surface area contributed by atoms with Crippen LogP contribution in [0.25, 0.3) is 32.0 Å². The number of pyridine rings is 2. The molecule has 0 bridgehead atoms. The lowest BCUT2D eigenvalue weighted by Gasteiger charge is -1.93. The Labute approximate surface area is 119 Å². The number of aryl methyl sites for hydroxylation is 1. The maximum absolute atomic E-state index is 4.51. The van der Waals surface area contributed by atoms with Crippen LogP contribution in [-0.2, 0) is 13.6 Å². The van der Waals surface area contributed by atoms with Gasteiger partial charge < -0.3 is 4.57 Å². The highest BCUT2D eigenvalue weighted by Gasteiger charge is 2.34. The zero-order valence-electron chi connectivity index (χ0n) is 10.9. The highest BCUT2D eigenvalue weighted by atomic mass is 32.1. The van der Waals surface area contributed by atoms with Crippen LogP contribution in [0.3, 0.4) is 0 Å². The van der Waals surface area contributed by atoms with Crippen molar-refractivity contribution in [1.82, 2.24) is 14.5 Å². The Balaban J connectivity index is 1.97. The number of rotatable bonds is 0. The van der Waals surface area contributed by atoms with E-state index in [1.165, 1.54) is 31.9 Å². The summed E-state index contributed by atoms with van der Waals surface area (Å²) in [5.74, 6) is 0. The molecule has 1 aliphatic rings. The molecule has 0 amide bonds. The third-order valence-corrected chi connectivity index (χ3v) is 5.34. The number of fused-ring (bicyclic) bond motifs is 7. The Hall–Kier alpha value is -2.27. The van der Waals surface area contributed by atoms with Crippen molar-refractivity contribution >= 4 is 32.7 Å². The van der Waals surface area contributed by atoms with E-state index in [4.69, 9.17) is 0 Å². The molecule has 4 aromatic heterocycles. The fraction of sp³-hybridized carbons (Fsp3) is 0.133. The number of aromatic nitrogens is 4. The topological polar surface area (TPSA) is 34.6 Å². The first-order chi connectivity index (χ1) is 9.84. The van der Waals surface area contributed by atoms with Gasteiger partial charge in [0.2, 0.25) is 0 Å². The maximum Gasteiger partial charge on any atom is 0.273 e. The second-order valence-electron chi connectivity index (χ2n) is 5.11. The van der Waals surface area contributed by atoms with E-state index in [0.29, 0.717) is 0 Å². The predicted octanol–water partition coefficient (Wildman–Crippen LogP) is 2.50. The molecular weight excluding hydrogens is 268 g/mol. The van der Waals surface area contributed by atoms with Crippen LogP contribution in [-0.4, -0.2) is 14.5 Å². The second kappa shape index (κ2) is 3.43. The van der Waals surface area contributed by atoms with Gasteiger partial charge in [0.1, 0.15) is 5.65 Å². The average molecular weight is 279 g/mol. The standard InChI is InChI=1S/C15H11N4S/c1-18-13-10(3-2-5-17-13)12-15(18)20-14-11-7-16-6-4-9(11)8-19(12)14/h2-7H,8H2,1H3/q+1. The highest BCUT2D eigenvalue weighted by Crippen LogP contribution is 2.38. The number of hydrogen-bond donors (Lipinski definition) is 0. The zero-order chi connectivity index (χ0) is 13.3. The van der Waals surface area contributed by atoms with Crippen LogP contribution in [0.5, 0.6) is 0 Å². The molecular formula is C15H11N4S+. The minimum atomic E-state index is 0.932. The molecule has 0 N–H and O–H groups in total. The molecule has 0 radical (unpaired) electrons. The van der Waals surface area contributed by atoms with E-state index in [1.807, 2.05) is 36.0 Å². The van der Waals surface area contributed by atoms with E-state index in [2.05, 4.69) is 38.3 Å². The number of thiazole rings is 1. The molecule has 4 aromatic rings. The molecule has 0 saturated heterocycles. The molecule has 0 unspecified atom stereocenters. The monoisotopic (exact) mass is 279 g/mol. The summed E-state index contributed by atoms with van der Waals surface area (Å²) in [5, 5.41) is 2.53. The molecule has 0 aromatic carbocycles. The minimum absolute atomic E-state index is 0.932. The van der Waals surface area contributed by atoms with Crippen molar-refractivity contribution in [3.05, 3.63) is 42.4 Å². The first-order valence-electron chi connectivity index (χ1n) is 6.53. The molecule has 0 fully saturated rings. The van der Waals surface area contributed by atoms with Crippen molar-refractivity contribution in [2.45, 2.75) is 6.54 Å². The van der Waals surface area contributed by atoms with Gasteiger partial charge in [-0.2, -0.15) is 4.57 Å². The molecule has 1 aliphatic heterocycles. The van der Waals surface area contributed by atoms with E-state index < -0.39 is 0 Å². The molecule has 5 rings (SSSR count). The fourth-order valence-electron chi connectivity index (χ4n) is 3.12. The summed E-state index contributed by atoms with van der Waals surface area (Å²) in [7, 11) is 2.09. The normalized spacial score (nSPS) is 13.1. The van der Waals surface area contributed by atoms with Gasteiger partial charge in [0, 0.05) is 31.2 Å². The molecule has 0 aliphatic carbocycles. The van der Waals surface area contributed by atoms with Crippen LogP contribution in [0.4, 0.5) is 0 Å². The Morgan fingerprint density at radius 3 is 3.20 bits per heavy atom. The van der Waals surface area contributed by atoms with Crippen molar-refractivity contribution in [2.75, 3.05) is 0 Å². The van der Waals surface area contributed by atoms with Crippen LogP contribution < -0.4 is 4.57 Å². The first kappa shape index (κ1) is 10.5. The summed E-state index contributed by atoms with van der Waals surface area (Å²) in [4.78, 5) is 10.1. The third kappa shape index (κ3) is 1.10. The Kier molecular flexibility index (Phi) is 1.80. The lowest BCUT2D eigenvalue weighted by molar-refractivity contribution is -0.641. The Bertz CT molecular complexity index is 996. The van der Waals surface area contributed by atoms with Crippen LogP contribution in [0.2, 0.25) is 0 Å². The summed E-state index contributed by atoms with van der Waals surface area (Å²) < 4.78 is 4.59. The van der Waals surface area contributed by atoms with Crippen molar-refractivity contribution in [3.8, 4) is 10.6 Å². The average Bonchev–Trinajstić information content (AvgIpc) is 3.09. The number of hydrogen-bond acceptors (Lipinski definition) is 3. The van der Waals surface area contributed by atoms with Gasteiger partial charge in [-0.05, 0) is 29.5 Å². The summed E-state index contributed by atoms with van der Waals surface area (Å²) in [5.41, 5.74) is 4.98. The highest BCUT2D eigenvalue weighted by molar-refractivity contribution is 7.21. The van der Waals surface area contributed by atoms with Gasteiger partial charge in [0.15, 0.2) is 11.4 Å². The summed E-state index contributed by atoms with van der Waals surface area (Å²) >= 11 is 1.83. The molecule has 20 heavy (non-hydrogen) atoms. The van der Waals surface area contributed by atoms with Crippen molar-refractivity contribution in [3.63, 3.8) is 0 Å². The number of nitrogens with zero attached hydrogens (tertiary/aromatic N) is 4. The van der Waals surface area contributed by atoms with Crippen LogP contribution in [0, 0.1) is 0 Å². The molecule has 4 nitrogen and oxygen atoms in total. The smallest absolute Gasteiger partial charge is 0.273 e. The third-order valence-electron chi connectivity index (χ3n) is 4.05. The van der Waals surface area contributed by atoms with E-state index in [9.17, 15) is 0 Å². The maximum atomic E-state index is 4.51. The van der Waals surface area contributed by atoms with Gasteiger partial charge in [-0.3, -0.25) is 4.98 Å². The van der Waals surface area contributed by atoms with Crippen LogP contribution in [0.15, 0.2) is 36.8 Å². The zero-order valence-corrected chi connectivity index (χ0v) is 11.7. The molecule has 96 valence electrons. The Morgan fingerprint density at radius 1 is 1.30 bits per heavy atom. The van der Waals surface area contributed by atoms with Crippen molar-refractivity contribution in [1.29, 1.82) is 0 Å². The quantitative estimate of drug-likeness (QED) is 0.408. The van der Waals surface area contributed by atoms with Crippen molar-refractivity contribution < 1.29 is 4.57 Å². The van der Waals surface area contributed by atoms with E-state index in [0.717, 1.165) is 12.2 Å². The lowest BCUT2D eigenvalue weighted by Crippen LogP contribution is -2.30. The first-order valence-corrected chi connectivity index (χ1v) is 7.35. The predicted molar refractivity (Wildman–Crippen MR) is 78.6 cm³/mol. The minimum Gasteiger partial charge on any atom is -0.315 e.